The summed E-state index contributed by atoms with van der Waals surface area (Å²) in [4.78, 5) is 11.4. The molecule has 0 radical (unpaired) electrons. The number of hydrogen-bond donors (Lipinski definition) is 2. The van der Waals surface area contributed by atoms with Gasteiger partial charge in [0.15, 0.2) is 0 Å². The highest BCUT2D eigenvalue weighted by atomic mass is 32.1. The van der Waals surface area contributed by atoms with Crippen LogP contribution in [0.3, 0.4) is 0 Å². The molecule has 0 atom stereocenters. The van der Waals surface area contributed by atoms with Crippen molar-refractivity contribution in [2.45, 2.75) is 31.9 Å². The van der Waals surface area contributed by atoms with E-state index in [1.54, 1.807) is 6.07 Å². The maximum Gasteiger partial charge on any atom is 0.397 e. The molecule has 0 aliphatic carbocycles. The van der Waals surface area contributed by atoms with Gasteiger partial charge in [-0.05, 0) is 37.3 Å². The van der Waals surface area contributed by atoms with Crippen LogP contribution in [-0.2, 0) is 10.2 Å². The Bertz CT molecular complexity index is 457. The van der Waals surface area contributed by atoms with Gasteiger partial charge >= 0.3 is 6.18 Å². The third-order valence-electron chi connectivity index (χ3n) is 2.92. The summed E-state index contributed by atoms with van der Waals surface area (Å²) in [5, 5.41) is 2.55. The molecule has 0 heterocycles. The van der Waals surface area contributed by atoms with Gasteiger partial charge in [-0.2, -0.15) is 25.8 Å². The number of amides is 1. The maximum absolute atomic E-state index is 12.9. The van der Waals surface area contributed by atoms with Crippen LogP contribution in [0.15, 0.2) is 24.3 Å². The lowest BCUT2D eigenvalue weighted by Gasteiger charge is -2.28. The summed E-state index contributed by atoms with van der Waals surface area (Å²) in [6.07, 6.45) is -4.13. The minimum absolute atomic E-state index is 0.115. The summed E-state index contributed by atoms with van der Waals surface area (Å²) in [5.41, 5.74) is -1.48. The first-order chi connectivity index (χ1) is 8.68. The standard InChI is InChI=1S/C13H16F3NOS/c1-12(2,13(14,15)16)9-4-3-5-10(8-9)17-11(18)6-7-19/h3-5,8,19H,6-7H2,1-2H3,(H,17,18). The third-order valence-corrected chi connectivity index (χ3v) is 3.14. The average molecular weight is 291 g/mol. The van der Waals surface area contributed by atoms with Gasteiger partial charge in [0.25, 0.3) is 0 Å². The lowest BCUT2D eigenvalue weighted by molar-refractivity contribution is -0.180. The highest BCUT2D eigenvalue weighted by molar-refractivity contribution is 7.80. The second kappa shape index (κ2) is 5.86. The van der Waals surface area contributed by atoms with Gasteiger partial charge in [0.05, 0.1) is 5.41 Å². The summed E-state index contributed by atoms with van der Waals surface area (Å²) in [6.45, 7) is 2.23. The molecule has 1 aromatic carbocycles. The van der Waals surface area contributed by atoms with Crippen LogP contribution >= 0.6 is 12.6 Å². The summed E-state index contributed by atoms with van der Waals surface area (Å²) < 4.78 is 38.8. The van der Waals surface area contributed by atoms with Gasteiger partial charge in [-0.25, -0.2) is 0 Å². The summed E-state index contributed by atoms with van der Waals surface area (Å²) in [5.74, 6) is 0.122. The number of benzene rings is 1. The van der Waals surface area contributed by atoms with Crippen LogP contribution in [-0.4, -0.2) is 17.8 Å². The number of halogens is 3. The number of hydrogen-bond acceptors (Lipinski definition) is 2. The van der Waals surface area contributed by atoms with Crippen LogP contribution in [0.1, 0.15) is 25.8 Å². The second-order valence-corrected chi connectivity index (χ2v) is 5.17. The third kappa shape index (κ3) is 3.89. The van der Waals surface area contributed by atoms with E-state index in [0.29, 0.717) is 11.4 Å². The molecule has 0 saturated carbocycles. The Morgan fingerprint density at radius 2 is 1.95 bits per heavy atom. The Morgan fingerprint density at radius 3 is 2.47 bits per heavy atom. The van der Waals surface area contributed by atoms with E-state index in [4.69, 9.17) is 0 Å². The Balaban J connectivity index is 2.98. The van der Waals surface area contributed by atoms with E-state index >= 15 is 0 Å². The zero-order valence-electron chi connectivity index (χ0n) is 10.7. The summed E-state index contributed by atoms with van der Waals surface area (Å²) in [6, 6.07) is 5.82. The van der Waals surface area contributed by atoms with Crippen LogP contribution in [0, 0.1) is 0 Å². The normalized spacial score (nSPS) is 12.3. The van der Waals surface area contributed by atoms with Crippen molar-refractivity contribution in [3.8, 4) is 0 Å². The maximum atomic E-state index is 12.9. The largest absolute Gasteiger partial charge is 0.397 e. The number of nitrogens with one attached hydrogen (secondary N) is 1. The van der Waals surface area contributed by atoms with Gasteiger partial charge in [-0.1, -0.05) is 12.1 Å². The first kappa shape index (κ1) is 15.9. The predicted octanol–water partition coefficient (Wildman–Crippen LogP) is 3.78. The van der Waals surface area contributed by atoms with Crippen molar-refractivity contribution >= 4 is 24.2 Å². The highest BCUT2D eigenvalue weighted by Crippen LogP contribution is 2.40. The molecule has 0 aromatic heterocycles. The monoisotopic (exact) mass is 291 g/mol. The topological polar surface area (TPSA) is 29.1 Å². The Kier molecular flexibility index (Phi) is 4.90. The fraction of sp³-hybridized carbons (Fsp3) is 0.462. The fourth-order valence-corrected chi connectivity index (χ4v) is 1.68. The van der Waals surface area contributed by atoms with Crippen molar-refractivity contribution in [3.63, 3.8) is 0 Å². The minimum Gasteiger partial charge on any atom is -0.326 e. The molecular weight excluding hydrogens is 275 g/mol. The number of carbonyl (C=O) groups is 1. The van der Waals surface area contributed by atoms with E-state index in [9.17, 15) is 18.0 Å². The first-order valence-electron chi connectivity index (χ1n) is 5.76. The number of thiol groups is 1. The molecule has 2 nitrogen and oxygen atoms in total. The molecule has 0 spiro atoms. The lowest BCUT2D eigenvalue weighted by atomic mass is 9.84. The minimum atomic E-state index is -4.35. The van der Waals surface area contributed by atoms with Crippen molar-refractivity contribution in [2.24, 2.45) is 0 Å². The summed E-state index contributed by atoms with van der Waals surface area (Å²) >= 11 is 3.92. The molecule has 1 amide bonds. The van der Waals surface area contributed by atoms with E-state index in [1.807, 2.05) is 0 Å². The Labute approximate surface area is 115 Å². The molecule has 0 fully saturated rings. The number of rotatable bonds is 4. The Hall–Kier alpha value is -1.17. The van der Waals surface area contributed by atoms with Crippen molar-refractivity contribution in [3.05, 3.63) is 29.8 Å². The lowest BCUT2D eigenvalue weighted by Crippen LogP contribution is -2.36. The molecule has 0 unspecified atom stereocenters. The molecule has 6 heteroatoms. The van der Waals surface area contributed by atoms with Crippen LogP contribution in [0.5, 0.6) is 0 Å². The van der Waals surface area contributed by atoms with Gasteiger partial charge in [0.1, 0.15) is 0 Å². The van der Waals surface area contributed by atoms with E-state index < -0.39 is 11.6 Å². The van der Waals surface area contributed by atoms with Gasteiger partial charge in [0, 0.05) is 12.1 Å². The SMILES string of the molecule is CC(C)(c1cccc(NC(=O)CCS)c1)C(F)(F)F. The van der Waals surface area contributed by atoms with Gasteiger partial charge in [-0.15, -0.1) is 0 Å². The van der Waals surface area contributed by atoms with Gasteiger partial charge < -0.3 is 5.32 Å². The van der Waals surface area contributed by atoms with Crippen LogP contribution in [0.4, 0.5) is 18.9 Å². The molecule has 1 rings (SSSR count). The summed E-state index contributed by atoms with van der Waals surface area (Å²) in [7, 11) is 0. The highest BCUT2D eigenvalue weighted by Gasteiger charge is 2.48. The molecule has 19 heavy (non-hydrogen) atoms. The van der Waals surface area contributed by atoms with Gasteiger partial charge in [-0.3, -0.25) is 4.79 Å². The van der Waals surface area contributed by atoms with Crippen molar-refractivity contribution < 1.29 is 18.0 Å². The molecule has 0 saturated heterocycles. The van der Waals surface area contributed by atoms with Crippen molar-refractivity contribution in [1.82, 2.24) is 0 Å². The average Bonchev–Trinajstić information content (AvgIpc) is 2.28. The quantitative estimate of drug-likeness (QED) is 0.812. The molecule has 1 N–H and O–H groups in total. The van der Waals surface area contributed by atoms with Crippen LogP contribution in [0.2, 0.25) is 0 Å². The molecule has 106 valence electrons. The number of alkyl halides is 3. The van der Waals surface area contributed by atoms with Crippen LogP contribution < -0.4 is 5.32 Å². The van der Waals surface area contributed by atoms with E-state index in [-0.39, 0.29) is 17.9 Å². The van der Waals surface area contributed by atoms with E-state index in [0.717, 1.165) is 13.8 Å². The number of carbonyl (C=O) groups excluding carboxylic acids is 1. The molecule has 0 aliphatic heterocycles. The predicted molar refractivity (Wildman–Crippen MR) is 72.6 cm³/mol. The second-order valence-electron chi connectivity index (χ2n) is 4.73. The molecule has 1 aromatic rings. The first-order valence-corrected chi connectivity index (χ1v) is 6.39. The van der Waals surface area contributed by atoms with Crippen LogP contribution in [0.25, 0.3) is 0 Å². The fourth-order valence-electron chi connectivity index (χ4n) is 1.47. The van der Waals surface area contributed by atoms with Gasteiger partial charge in [0.2, 0.25) is 5.91 Å². The Morgan fingerprint density at radius 1 is 1.32 bits per heavy atom. The smallest absolute Gasteiger partial charge is 0.326 e. The zero-order valence-corrected chi connectivity index (χ0v) is 11.6. The molecule has 0 bridgehead atoms. The zero-order chi connectivity index (χ0) is 14.7. The van der Waals surface area contributed by atoms with Crippen molar-refractivity contribution in [2.75, 3.05) is 11.1 Å². The van der Waals surface area contributed by atoms with E-state index in [1.165, 1.54) is 18.2 Å². The number of anilines is 1. The van der Waals surface area contributed by atoms with Crippen molar-refractivity contribution in [1.29, 1.82) is 0 Å². The molecular formula is C13H16F3NOS. The molecule has 0 aliphatic rings. The van der Waals surface area contributed by atoms with E-state index in [2.05, 4.69) is 17.9 Å².